The molecule has 2 saturated heterocycles. The monoisotopic (exact) mass is 403 g/mol. The molecule has 2 fully saturated rings. The van der Waals surface area contributed by atoms with Gasteiger partial charge in [0.05, 0.1) is 18.1 Å². The number of benzene rings is 1. The average Bonchev–Trinajstić information content (AvgIpc) is 2.64. The van der Waals surface area contributed by atoms with Crippen molar-refractivity contribution in [1.29, 1.82) is 0 Å². The number of hydrogen-bond donors (Lipinski definition) is 2. The first-order valence-electron chi connectivity index (χ1n) is 8.68. The Morgan fingerprint density at radius 1 is 1.31 bits per heavy atom. The Morgan fingerprint density at radius 3 is 2.73 bits per heavy atom. The molecule has 2 atom stereocenters. The van der Waals surface area contributed by atoms with Gasteiger partial charge in [-0.1, -0.05) is 13.0 Å². The molecule has 146 valence electrons. The van der Waals surface area contributed by atoms with Gasteiger partial charge in [0.15, 0.2) is 0 Å². The topological polar surface area (TPSA) is 87.7 Å². The number of sulfonamides is 1. The molecule has 2 aliphatic rings. The smallest absolute Gasteiger partial charge is 0.251 e. The summed E-state index contributed by atoms with van der Waals surface area (Å²) in [6.07, 6.45) is 0.874. The van der Waals surface area contributed by atoms with Crippen LogP contribution in [0.3, 0.4) is 0 Å². The van der Waals surface area contributed by atoms with Gasteiger partial charge >= 0.3 is 0 Å². The highest BCUT2D eigenvalue weighted by Gasteiger charge is 2.28. The van der Waals surface area contributed by atoms with Crippen LogP contribution in [-0.2, 0) is 14.8 Å². The predicted molar refractivity (Wildman–Crippen MR) is 101 cm³/mol. The molecule has 7 nitrogen and oxygen atoms in total. The van der Waals surface area contributed by atoms with Crippen molar-refractivity contribution >= 4 is 28.3 Å². The molecule has 0 spiro atoms. The van der Waals surface area contributed by atoms with E-state index in [0.29, 0.717) is 37.8 Å². The van der Waals surface area contributed by atoms with Crippen molar-refractivity contribution in [3.63, 3.8) is 0 Å². The summed E-state index contributed by atoms with van der Waals surface area (Å²) in [5.74, 6) is 0.121. The molecule has 2 N–H and O–H groups in total. The van der Waals surface area contributed by atoms with Crippen molar-refractivity contribution in [3.8, 4) is 0 Å². The zero-order valence-corrected chi connectivity index (χ0v) is 16.4. The molecular weight excluding hydrogens is 378 g/mol. The molecule has 3 rings (SSSR count). The Hall–Kier alpha value is -1.19. The number of nitrogens with zero attached hydrogens (tertiary/aromatic N) is 1. The molecule has 2 heterocycles. The summed E-state index contributed by atoms with van der Waals surface area (Å²) in [6, 6.07) is 6.38. The van der Waals surface area contributed by atoms with Crippen LogP contribution in [0.1, 0.15) is 23.7 Å². The minimum absolute atomic E-state index is 0. The van der Waals surface area contributed by atoms with E-state index >= 15 is 0 Å². The fourth-order valence-corrected chi connectivity index (χ4v) is 4.67. The van der Waals surface area contributed by atoms with E-state index in [-0.39, 0.29) is 29.3 Å². The third-order valence-corrected chi connectivity index (χ3v) is 6.70. The number of carbonyl (C=O) groups excluding carboxylic acids is 1. The fraction of sp³-hybridized carbons (Fsp3) is 0.588. The minimum atomic E-state index is -3.60. The maximum absolute atomic E-state index is 12.7. The highest BCUT2D eigenvalue weighted by atomic mass is 35.5. The number of ether oxygens (including phenoxy) is 1. The summed E-state index contributed by atoms with van der Waals surface area (Å²) >= 11 is 0. The molecule has 1 aromatic rings. The Bertz CT molecular complexity index is 722. The maximum atomic E-state index is 12.7. The van der Waals surface area contributed by atoms with E-state index in [0.717, 1.165) is 19.5 Å². The van der Waals surface area contributed by atoms with Gasteiger partial charge in [-0.05, 0) is 43.6 Å². The number of rotatable bonds is 4. The van der Waals surface area contributed by atoms with Crippen molar-refractivity contribution in [3.05, 3.63) is 29.8 Å². The number of halogens is 1. The lowest BCUT2D eigenvalue weighted by atomic mass is 9.95. The van der Waals surface area contributed by atoms with E-state index in [1.807, 2.05) is 0 Å². The van der Waals surface area contributed by atoms with E-state index < -0.39 is 10.0 Å². The van der Waals surface area contributed by atoms with E-state index in [4.69, 9.17) is 4.74 Å². The highest BCUT2D eigenvalue weighted by Crippen LogP contribution is 2.19. The third kappa shape index (κ3) is 4.75. The van der Waals surface area contributed by atoms with Crippen molar-refractivity contribution < 1.29 is 17.9 Å². The molecule has 2 unspecified atom stereocenters. The molecule has 26 heavy (non-hydrogen) atoms. The lowest BCUT2D eigenvalue weighted by Gasteiger charge is -2.30. The molecule has 0 bridgehead atoms. The zero-order valence-electron chi connectivity index (χ0n) is 14.8. The van der Waals surface area contributed by atoms with Gasteiger partial charge in [0.1, 0.15) is 0 Å². The normalized spacial score (nSPS) is 24.5. The summed E-state index contributed by atoms with van der Waals surface area (Å²) in [5, 5.41) is 6.33. The van der Waals surface area contributed by atoms with Gasteiger partial charge in [-0.25, -0.2) is 8.42 Å². The van der Waals surface area contributed by atoms with Crippen LogP contribution in [0.15, 0.2) is 29.2 Å². The van der Waals surface area contributed by atoms with Crippen molar-refractivity contribution in [2.75, 3.05) is 39.4 Å². The predicted octanol–water partition coefficient (Wildman–Crippen LogP) is 0.857. The van der Waals surface area contributed by atoms with Crippen LogP contribution < -0.4 is 10.6 Å². The minimum Gasteiger partial charge on any atom is -0.379 e. The molecule has 2 aliphatic heterocycles. The first kappa shape index (κ1) is 21.1. The lowest BCUT2D eigenvalue weighted by Crippen LogP contribution is -2.48. The van der Waals surface area contributed by atoms with Crippen LogP contribution in [0.2, 0.25) is 0 Å². The Balaban J connectivity index is 0.00000243. The first-order valence-corrected chi connectivity index (χ1v) is 10.1. The quantitative estimate of drug-likeness (QED) is 0.778. The number of morpholine rings is 1. The Kier molecular flexibility index (Phi) is 7.42. The lowest BCUT2D eigenvalue weighted by molar-refractivity contribution is 0.0730. The standard InChI is InChI=1S/C17H25N3O4S.ClH/c1-13-12-18-6-5-16(13)19-17(21)14-3-2-4-15(11-14)25(22,23)20-7-9-24-10-8-20;/h2-4,11,13,16,18H,5-10,12H2,1H3,(H,19,21);1H. The molecule has 0 aliphatic carbocycles. The van der Waals surface area contributed by atoms with Crippen molar-refractivity contribution in [2.24, 2.45) is 5.92 Å². The van der Waals surface area contributed by atoms with Crippen LogP contribution in [0.25, 0.3) is 0 Å². The first-order chi connectivity index (χ1) is 12.0. The molecular formula is C17H26ClN3O4S. The second-order valence-corrected chi connectivity index (χ2v) is 8.53. The van der Waals surface area contributed by atoms with Crippen LogP contribution in [0.5, 0.6) is 0 Å². The van der Waals surface area contributed by atoms with Gasteiger partial charge in [-0.2, -0.15) is 4.31 Å². The van der Waals surface area contributed by atoms with E-state index in [9.17, 15) is 13.2 Å². The molecule has 0 radical (unpaired) electrons. The van der Waals surface area contributed by atoms with Gasteiger partial charge < -0.3 is 15.4 Å². The van der Waals surface area contributed by atoms with Gasteiger partial charge in [0.2, 0.25) is 10.0 Å². The molecule has 1 amide bonds. The summed E-state index contributed by atoms with van der Waals surface area (Å²) in [4.78, 5) is 12.7. The second-order valence-electron chi connectivity index (χ2n) is 6.59. The van der Waals surface area contributed by atoms with E-state index in [1.54, 1.807) is 12.1 Å². The third-order valence-electron chi connectivity index (χ3n) is 4.81. The van der Waals surface area contributed by atoms with Crippen molar-refractivity contribution in [2.45, 2.75) is 24.3 Å². The zero-order chi connectivity index (χ0) is 17.9. The molecule has 9 heteroatoms. The average molecular weight is 404 g/mol. The van der Waals surface area contributed by atoms with Crippen LogP contribution in [0.4, 0.5) is 0 Å². The number of nitrogens with one attached hydrogen (secondary N) is 2. The number of amides is 1. The summed E-state index contributed by atoms with van der Waals surface area (Å²) in [5.41, 5.74) is 0.375. The van der Waals surface area contributed by atoms with Crippen LogP contribution >= 0.6 is 12.4 Å². The summed E-state index contributed by atoms with van der Waals surface area (Å²) in [7, 11) is -3.60. The largest absolute Gasteiger partial charge is 0.379 e. The highest BCUT2D eigenvalue weighted by molar-refractivity contribution is 7.89. The molecule has 0 saturated carbocycles. The number of carbonyl (C=O) groups is 1. The summed E-state index contributed by atoms with van der Waals surface area (Å²) < 4.78 is 32.1. The van der Waals surface area contributed by atoms with Crippen LogP contribution in [-0.4, -0.2) is 64.1 Å². The number of piperidine rings is 1. The Labute approximate surface area is 160 Å². The fourth-order valence-electron chi connectivity index (χ4n) is 3.21. The molecule has 0 aromatic heterocycles. The SMILES string of the molecule is CC1CNCCC1NC(=O)c1cccc(S(=O)(=O)N2CCOCC2)c1.Cl. The maximum Gasteiger partial charge on any atom is 0.251 e. The van der Waals surface area contributed by atoms with Gasteiger partial charge in [-0.3, -0.25) is 4.79 Å². The van der Waals surface area contributed by atoms with Gasteiger partial charge in [0.25, 0.3) is 5.91 Å². The Morgan fingerprint density at radius 2 is 2.04 bits per heavy atom. The van der Waals surface area contributed by atoms with Gasteiger partial charge in [0, 0.05) is 24.7 Å². The van der Waals surface area contributed by atoms with E-state index in [2.05, 4.69) is 17.6 Å². The molecule has 1 aromatic carbocycles. The van der Waals surface area contributed by atoms with E-state index in [1.165, 1.54) is 16.4 Å². The summed E-state index contributed by atoms with van der Waals surface area (Å²) in [6.45, 7) is 5.31. The van der Waals surface area contributed by atoms with Gasteiger partial charge in [-0.15, -0.1) is 12.4 Å². The number of hydrogen-bond acceptors (Lipinski definition) is 5. The second kappa shape index (κ2) is 9.14. The van der Waals surface area contributed by atoms with Crippen molar-refractivity contribution in [1.82, 2.24) is 14.9 Å². The van der Waals surface area contributed by atoms with Crippen LogP contribution in [0, 0.1) is 5.92 Å².